The van der Waals surface area contributed by atoms with Crippen molar-refractivity contribution in [2.45, 2.75) is 0 Å². The molecule has 0 saturated carbocycles. The fraction of sp³-hybridized carbons (Fsp3) is 0.308. The Hall–Kier alpha value is -1.31. The number of hydrogen-bond donors (Lipinski definition) is 0. The molecule has 1 aromatic rings. The van der Waals surface area contributed by atoms with Gasteiger partial charge in [-0.25, -0.2) is 0 Å². The number of nitriles is 1. The van der Waals surface area contributed by atoms with Gasteiger partial charge in [0.1, 0.15) is 6.07 Å². The van der Waals surface area contributed by atoms with E-state index in [1.54, 1.807) is 7.11 Å². The van der Waals surface area contributed by atoms with Crippen molar-refractivity contribution in [1.82, 2.24) is 0 Å². The van der Waals surface area contributed by atoms with E-state index in [9.17, 15) is 5.26 Å². The molecule has 0 spiro atoms. The average molecular weight is 295 g/mol. The van der Waals surface area contributed by atoms with Gasteiger partial charge in [0.05, 0.1) is 17.9 Å². The molecule has 0 aromatic heterocycles. The topological polar surface area (TPSA) is 36.3 Å². The normalized spacial score (nSPS) is 9.71. The van der Waals surface area contributed by atoms with Gasteiger partial charge in [0.2, 0.25) is 0 Å². The van der Waals surface area contributed by atoms with Crippen LogP contribution < -0.4 is 4.90 Å². The molecule has 1 aromatic carbocycles. The highest BCUT2D eigenvalue weighted by Crippen LogP contribution is 2.26. The number of halogens is 1. The van der Waals surface area contributed by atoms with Crippen LogP contribution in [0, 0.1) is 11.3 Å². The summed E-state index contributed by atoms with van der Waals surface area (Å²) in [6.45, 7) is 5.77. The Morgan fingerprint density at radius 1 is 1.59 bits per heavy atom. The van der Waals surface area contributed by atoms with Gasteiger partial charge in [-0.2, -0.15) is 5.26 Å². The van der Waals surface area contributed by atoms with Gasteiger partial charge in [0.25, 0.3) is 0 Å². The van der Waals surface area contributed by atoms with E-state index in [-0.39, 0.29) is 0 Å². The molecule has 1 rings (SSSR count). The quantitative estimate of drug-likeness (QED) is 0.757. The van der Waals surface area contributed by atoms with Crippen molar-refractivity contribution in [3.8, 4) is 6.07 Å². The average Bonchev–Trinajstić information content (AvgIpc) is 2.34. The summed E-state index contributed by atoms with van der Waals surface area (Å²) in [5, 5.41) is 9.18. The lowest BCUT2D eigenvalue weighted by Crippen LogP contribution is -2.28. The van der Waals surface area contributed by atoms with E-state index >= 15 is 0 Å². The van der Waals surface area contributed by atoms with E-state index in [2.05, 4.69) is 33.5 Å². The summed E-state index contributed by atoms with van der Waals surface area (Å²) in [4.78, 5) is 2.07. The number of anilines is 1. The number of rotatable bonds is 6. The first-order chi connectivity index (χ1) is 8.24. The fourth-order valence-corrected chi connectivity index (χ4v) is 2.00. The molecule has 0 atom stereocenters. The molecule has 0 bridgehead atoms. The van der Waals surface area contributed by atoms with Crippen molar-refractivity contribution >= 4 is 21.6 Å². The summed E-state index contributed by atoms with van der Waals surface area (Å²) < 4.78 is 5.88. The Kier molecular flexibility index (Phi) is 5.75. The highest BCUT2D eigenvalue weighted by Gasteiger charge is 2.12. The first-order valence-electron chi connectivity index (χ1n) is 5.28. The van der Waals surface area contributed by atoms with Crippen LogP contribution in [0.2, 0.25) is 0 Å². The molecule has 0 unspecified atom stereocenters. The molecular formula is C13H15BrN2O. The molecule has 4 heteroatoms. The second-order valence-corrected chi connectivity index (χ2v) is 4.33. The van der Waals surface area contributed by atoms with Crippen LogP contribution in [0.4, 0.5) is 5.69 Å². The maximum absolute atomic E-state index is 9.18. The minimum Gasteiger partial charge on any atom is -0.383 e. The first kappa shape index (κ1) is 13.8. The van der Waals surface area contributed by atoms with Gasteiger partial charge < -0.3 is 9.64 Å². The molecule has 3 nitrogen and oxygen atoms in total. The molecule has 0 aliphatic heterocycles. The Balaban J connectivity index is 3.04. The van der Waals surface area contributed by atoms with Crippen molar-refractivity contribution in [2.75, 3.05) is 31.7 Å². The minimum atomic E-state index is 0.616. The zero-order valence-corrected chi connectivity index (χ0v) is 11.4. The van der Waals surface area contributed by atoms with E-state index in [1.807, 2.05) is 24.3 Å². The molecule has 0 radical (unpaired) electrons. The van der Waals surface area contributed by atoms with Crippen LogP contribution in [0.3, 0.4) is 0 Å². The van der Waals surface area contributed by atoms with Crippen molar-refractivity contribution in [3.05, 3.63) is 40.9 Å². The SMILES string of the molecule is C=CCN(CCOC)c1cccc(Br)c1C#N. The number of nitrogens with zero attached hydrogens (tertiary/aromatic N) is 2. The summed E-state index contributed by atoms with van der Waals surface area (Å²) in [6, 6.07) is 7.93. The fourth-order valence-electron chi connectivity index (χ4n) is 1.55. The van der Waals surface area contributed by atoms with Crippen LogP contribution in [-0.2, 0) is 4.74 Å². The molecule has 90 valence electrons. The lowest BCUT2D eigenvalue weighted by Gasteiger charge is -2.24. The highest BCUT2D eigenvalue weighted by molar-refractivity contribution is 9.10. The largest absolute Gasteiger partial charge is 0.383 e. The second kappa shape index (κ2) is 7.10. The third-order valence-electron chi connectivity index (χ3n) is 2.36. The maximum atomic E-state index is 9.18. The third kappa shape index (κ3) is 3.58. The third-order valence-corrected chi connectivity index (χ3v) is 3.02. The summed E-state index contributed by atoms with van der Waals surface area (Å²) >= 11 is 3.39. The molecule has 0 heterocycles. The number of methoxy groups -OCH3 is 1. The molecule has 0 aliphatic rings. The number of benzene rings is 1. The molecule has 0 N–H and O–H groups in total. The van der Waals surface area contributed by atoms with Crippen LogP contribution in [0.25, 0.3) is 0 Å². The predicted molar refractivity (Wildman–Crippen MR) is 73.1 cm³/mol. The minimum absolute atomic E-state index is 0.616. The van der Waals surface area contributed by atoms with Crippen LogP contribution in [0.15, 0.2) is 35.3 Å². The van der Waals surface area contributed by atoms with Crippen molar-refractivity contribution in [3.63, 3.8) is 0 Å². The van der Waals surface area contributed by atoms with Crippen molar-refractivity contribution < 1.29 is 4.74 Å². The zero-order valence-electron chi connectivity index (χ0n) is 9.82. The smallest absolute Gasteiger partial charge is 0.103 e. The Bertz CT molecular complexity index is 426. The van der Waals surface area contributed by atoms with Gasteiger partial charge in [-0.1, -0.05) is 12.1 Å². The van der Waals surface area contributed by atoms with Crippen LogP contribution in [0.5, 0.6) is 0 Å². The van der Waals surface area contributed by atoms with Crippen molar-refractivity contribution in [2.24, 2.45) is 0 Å². The number of hydrogen-bond acceptors (Lipinski definition) is 3. The van der Waals surface area contributed by atoms with E-state index in [4.69, 9.17) is 4.74 Å². The molecule has 0 amide bonds. The van der Waals surface area contributed by atoms with Crippen LogP contribution >= 0.6 is 15.9 Å². The van der Waals surface area contributed by atoms with E-state index in [0.29, 0.717) is 18.7 Å². The van der Waals surface area contributed by atoms with Gasteiger partial charge >= 0.3 is 0 Å². The van der Waals surface area contributed by atoms with Gasteiger partial charge in [0, 0.05) is 24.7 Å². The second-order valence-electron chi connectivity index (χ2n) is 3.47. The summed E-state index contributed by atoms with van der Waals surface area (Å²) in [7, 11) is 1.66. The van der Waals surface area contributed by atoms with Crippen LogP contribution in [0.1, 0.15) is 5.56 Å². The summed E-state index contributed by atoms with van der Waals surface area (Å²) in [6.07, 6.45) is 1.82. The Morgan fingerprint density at radius 2 is 2.35 bits per heavy atom. The summed E-state index contributed by atoms with van der Waals surface area (Å²) in [5.74, 6) is 0. The van der Waals surface area contributed by atoms with Gasteiger partial charge in [0.15, 0.2) is 0 Å². The summed E-state index contributed by atoms with van der Waals surface area (Å²) in [5.41, 5.74) is 1.55. The lowest BCUT2D eigenvalue weighted by atomic mass is 10.1. The zero-order chi connectivity index (χ0) is 12.7. The molecule has 0 fully saturated rings. The van der Waals surface area contributed by atoms with E-state index in [0.717, 1.165) is 16.7 Å². The number of ether oxygens (including phenoxy) is 1. The van der Waals surface area contributed by atoms with Gasteiger partial charge in [-0.15, -0.1) is 6.58 Å². The van der Waals surface area contributed by atoms with Crippen molar-refractivity contribution in [1.29, 1.82) is 5.26 Å². The maximum Gasteiger partial charge on any atom is 0.103 e. The van der Waals surface area contributed by atoms with E-state index < -0.39 is 0 Å². The first-order valence-corrected chi connectivity index (χ1v) is 6.07. The Morgan fingerprint density at radius 3 is 2.94 bits per heavy atom. The predicted octanol–water partition coefficient (Wildman–Crippen LogP) is 2.96. The molecular weight excluding hydrogens is 280 g/mol. The van der Waals surface area contributed by atoms with Gasteiger partial charge in [-0.3, -0.25) is 0 Å². The molecule has 0 aliphatic carbocycles. The molecule has 17 heavy (non-hydrogen) atoms. The van der Waals surface area contributed by atoms with Gasteiger partial charge in [-0.05, 0) is 28.1 Å². The van der Waals surface area contributed by atoms with Crippen LogP contribution in [-0.4, -0.2) is 26.8 Å². The van der Waals surface area contributed by atoms with E-state index in [1.165, 1.54) is 0 Å². The standard InChI is InChI=1S/C13H15BrN2O/c1-3-7-16(8-9-17-2)13-6-4-5-12(14)11(13)10-15/h3-6H,1,7-9H2,2H3. The lowest BCUT2D eigenvalue weighted by molar-refractivity contribution is 0.206. The monoisotopic (exact) mass is 294 g/mol. The Labute approximate surface area is 110 Å². The molecule has 0 saturated heterocycles. The highest BCUT2D eigenvalue weighted by atomic mass is 79.9.